The van der Waals surface area contributed by atoms with E-state index in [0.29, 0.717) is 25.1 Å². The number of hydrogen-bond donors (Lipinski definition) is 1. The number of hydrogen-bond acceptors (Lipinski definition) is 3. The third-order valence-corrected chi connectivity index (χ3v) is 5.43. The molecule has 0 saturated carbocycles. The minimum Gasteiger partial charge on any atom is -0.481 e. The van der Waals surface area contributed by atoms with E-state index in [4.69, 9.17) is 0 Å². The smallest absolute Gasteiger partial charge is 0.416 e. The van der Waals surface area contributed by atoms with Crippen LogP contribution in [0.5, 0.6) is 0 Å². The first kappa shape index (κ1) is 17.9. The van der Waals surface area contributed by atoms with Gasteiger partial charge in [-0.25, -0.2) is 0 Å². The minimum atomic E-state index is -4.40. The van der Waals surface area contributed by atoms with Crippen LogP contribution >= 0.6 is 11.3 Å². The van der Waals surface area contributed by atoms with Crippen LogP contribution in [0.4, 0.5) is 13.2 Å². The first-order valence-electron chi connectivity index (χ1n) is 8.03. The fourth-order valence-electron chi connectivity index (χ4n) is 3.33. The Kier molecular flexibility index (Phi) is 5.15. The van der Waals surface area contributed by atoms with Gasteiger partial charge in [-0.1, -0.05) is 18.2 Å². The number of aliphatic carboxylic acids is 1. The molecule has 1 aliphatic rings. The topological polar surface area (TPSA) is 40.5 Å². The molecule has 1 aromatic heterocycles. The summed E-state index contributed by atoms with van der Waals surface area (Å²) in [5.41, 5.74) is -0.137. The lowest BCUT2D eigenvalue weighted by molar-refractivity contribution is -0.143. The van der Waals surface area contributed by atoms with Crippen LogP contribution < -0.4 is 0 Å². The van der Waals surface area contributed by atoms with Gasteiger partial charge < -0.3 is 5.11 Å². The van der Waals surface area contributed by atoms with Gasteiger partial charge in [0.05, 0.1) is 17.5 Å². The van der Waals surface area contributed by atoms with E-state index in [0.717, 1.165) is 17.4 Å². The molecule has 2 aromatic rings. The molecule has 2 heterocycles. The molecule has 0 aliphatic carbocycles. The van der Waals surface area contributed by atoms with Crippen molar-refractivity contribution in [3.63, 3.8) is 0 Å². The lowest BCUT2D eigenvalue weighted by Gasteiger charge is -2.37. The van der Waals surface area contributed by atoms with E-state index in [1.54, 1.807) is 6.07 Å². The summed E-state index contributed by atoms with van der Waals surface area (Å²) in [4.78, 5) is 14.3. The maximum atomic E-state index is 13.1. The maximum Gasteiger partial charge on any atom is 0.416 e. The van der Waals surface area contributed by atoms with Crippen molar-refractivity contribution in [3.8, 4) is 0 Å². The molecule has 134 valence electrons. The highest BCUT2D eigenvalue weighted by Gasteiger charge is 2.34. The van der Waals surface area contributed by atoms with Crippen LogP contribution in [0.15, 0.2) is 41.8 Å². The predicted molar refractivity (Wildman–Crippen MR) is 89.5 cm³/mol. The zero-order valence-corrected chi connectivity index (χ0v) is 14.2. The van der Waals surface area contributed by atoms with Crippen molar-refractivity contribution in [1.29, 1.82) is 0 Å². The second kappa shape index (κ2) is 7.17. The molecule has 0 amide bonds. The number of likely N-dealkylation sites (tertiary alicyclic amines) is 1. The Hall–Kier alpha value is -1.86. The van der Waals surface area contributed by atoms with E-state index in [9.17, 15) is 23.1 Å². The van der Waals surface area contributed by atoms with Gasteiger partial charge in [0.2, 0.25) is 0 Å². The Morgan fingerprint density at radius 2 is 2.08 bits per heavy atom. The van der Waals surface area contributed by atoms with Gasteiger partial charge in [0, 0.05) is 11.4 Å². The van der Waals surface area contributed by atoms with Crippen LogP contribution in [0.2, 0.25) is 0 Å². The van der Waals surface area contributed by atoms with Gasteiger partial charge in [-0.3, -0.25) is 9.69 Å². The molecule has 3 nitrogen and oxygen atoms in total. The van der Waals surface area contributed by atoms with E-state index < -0.39 is 23.6 Å². The van der Waals surface area contributed by atoms with Gasteiger partial charge in [0.1, 0.15) is 0 Å². The summed E-state index contributed by atoms with van der Waals surface area (Å²) in [6.07, 6.45) is -3.08. The average molecular weight is 369 g/mol. The largest absolute Gasteiger partial charge is 0.481 e. The second-order valence-corrected chi connectivity index (χ2v) is 7.19. The van der Waals surface area contributed by atoms with Gasteiger partial charge in [0.15, 0.2) is 0 Å². The zero-order valence-electron chi connectivity index (χ0n) is 13.4. The number of alkyl halides is 3. The molecule has 2 atom stereocenters. The Bertz CT molecular complexity index is 730. The van der Waals surface area contributed by atoms with Crippen molar-refractivity contribution in [2.24, 2.45) is 5.92 Å². The lowest BCUT2D eigenvalue weighted by atomic mass is 9.93. The quantitative estimate of drug-likeness (QED) is 0.853. The molecule has 7 heteroatoms. The molecule has 0 radical (unpaired) electrons. The Balaban J connectivity index is 1.98. The van der Waals surface area contributed by atoms with Crippen molar-refractivity contribution in [2.45, 2.75) is 25.1 Å². The van der Waals surface area contributed by atoms with Crippen LogP contribution in [0.3, 0.4) is 0 Å². The van der Waals surface area contributed by atoms with Crippen LogP contribution in [-0.2, 0) is 11.0 Å². The fraction of sp³-hybridized carbons (Fsp3) is 0.389. The van der Waals surface area contributed by atoms with E-state index in [2.05, 4.69) is 0 Å². The Morgan fingerprint density at radius 3 is 2.72 bits per heavy atom. The molecule has 3 rings (SSSR count). The Labute approximate surface area is 147 Å². The van der Waals surface area contributed by atoms with Crippen LogP contribution in [0.25, 0.3) is 0 Å². The number of halogens is 3. The number of rotatable bonds is 4. The van der Waals surface area contributed by atoms with Gasteiger partial charge in [-0.2, -0.15) is 13.2 Å². The number of carbonyl (C=O) groups is 1. The maximum absolute atomic E-state index is 13.1. The Morgan fingerprint density at radius 1 is 1.28 bits per heavy atom. The first-order chi connectivity index (χ1) is 11.9. The number of nitrogens with zero attached hydrogens (tertiary/aromatic N) is 1. The van der Waals surface area contributed by atoms with Crippen molar-refractivity contribution in [2.75, 3.05) is 13.1 Å². The van der Waals surface area contributed by atoms with Crippen molar-refractivity contribution in [3.05, 3.63) is 57.8 Å². The van der Waals surface area contributed by atoms with Crippen molar-refractivity contribution in [1.82, 2.24) is 4.90 Å². The second-order valence-electron chi connectivity index (χ2n) is 6.21. The van der Waals surface area contributed by atoms with E-state index in [1.807, 2.05) is 22.4 Å². The fourth-order valence-corrected chi connectivity index (χ4v) is 4.21. The normalized spacial score (nSPS) is 20.4. The molecule has 0 spiro atoms. The van der Waals surface area contributed by atoms with Crippen LogP contribution in [-0.4, -0.2) is 29.1 Å². The SMILES string of the molecule is O=C(O)C1CCCN(C(c2cccc(C(F)(F)F)c2)c2cccs2)C1. The van der Waals surface area contributed by atoms with Crippen LogP contribution in [0.1, 0.15) is 34.9 Å². The predicted octanol–water partition coefficient (Wildman–Crippen LogP) is 4.65. The summed E-state index contributed by atoms with van der Waals surface area (Å²) in [6.45, 7) is 1.01. The third kappa shape index (κ3) is 4.04. The lowest BCUT2D eigenvalue weighted by Crippen LogP contribution is -2.41. The average Bonchev–Trinajstić information content (AvgIpc) is 3.09. The number of thiophene rings is 1. The third-order valence-electron chi connectivity index (χ3n) is 4.51. The summed E-state index contributed by atoms with van der Waals surface area (Å²) < 4.78 is 39.3. The molecule has 1 N–H and O–H groups in total. The van der Waals surface area contributed by atoms with Gasteiger partial charge >= 0.3 is 12.1 Å². The molecular weight excluding hydrogens is 351 g/mol. The summed E-state index contributed by atoms with van der Waals surface area (Å²) in [6, 6.07) is 8.73. The van der Waals surface area contributed by atoms with Gasteiger partial charge in [-0.05, 0) is 48.5 Å². The molecule has 0 bridgehead atoms. The highest BCUT2D eigenvalue weighted by atomic mass is 32.1. The molecule has 25 heavy (non-hydrogen) atoms. The highest BCUT2D eigenvalue weighted by molar-refractivity contribution is 7.10. The summed E-state index contributed by atoms with van der Waals surface area (Å²) in [5, 5.41) is 11.2. The van der Waals surface area contributed by atoms with E-state index >= 15 is 0 Å². The molecule has 2 unspecified atom stereocenters. The monoisotopic (exact) mass is 369 g/mol. The van der Waals surface area contributed by atoms with Crippen molar-refractivity contribution < 1.29 is 23.1 Å². The molecule has 1 aromatic carbocycles. The zero-order chi connectivity index (χ0) is 18.0. The molecule has 1 saturated heterocycles. The van der Waals surface area contributed by atoms with Crippen LogP contribution in [0, 0.1) is 5.92 Å². The van der Waals surface area contributed by atoms with Gasteiger partial charge in [-0.15, -0.1) is 11.3 Å². The number of benzene rings is 1. The van der Waals surface area contributed by atoms with Gasteiger partial charge in [0.25, 0.3) is 0 Å². The van der Waals surface area contributed by atoms with E-state index in [-0.39, 0.29) is 6.04 Å². The molecule has 1 fully saturated rings. The molecular formula is C18H18F3NO2S. The highest BCUT2D eigenvalue weighted by Crippen LogP contribution is 2.37. The first-order valence-corrected chi connectivity index (χ1v) is 8.91. The number of carboxylic acid groups (broad SMARTS) is 1. The summed E-state index contributed by atoms with van der Waals surface area (Å²) in [7, 11) is 0. The standard InChI is InChI=1S/C18H18F3NO2S/c19-18(20,21)14-6-1-4-12(10-14)16(15-7-3-9-25-15)22-8-2-5-13(11-22)17(23)24/h1,3-4,6-7,9-10,13,16H,2,5,8,11H2,(H,23,24). The number of carboxylic acids is 1. The summed E-state index contributed by atoms with van der Waals surface area (Å²) >= 11 is 1.47. The number of piperidine rings is 1. The van der Waals surface area contributed by atoms with E-state index in [1.165, 1.54) is 23.5 Å². The van der Waals surface area contributed by atoms with Crippen molar-refractivity contribution >= 4 is 17.3 Å². The summed E-state index contributed by atoms with van der Waals surface area (Å²) in [5.74, 6) is -1.33. The minimum absolute atomic E-state index is 0.341. The molecule has 1 aliphatic heterocycles.